The minimum absolute atomic E-state index is 0.131. The van der Waals surface area contributed by atoms with Gasteiger partial charge in [-0.2, -0.15) is 0 Å². The average molecular weight is 254 g/mol. The van der Waals surface area contributed by atoms with E-state index in [4.69, 9.17) is 5.73 Å². The summed E-state index contributed by atoms with van der Waals surface area (Å²) in [4.78, 5) is 16.7. The minimum atomic E-state index is -0.676. The van der Waals surface area contributed by atoms with E-state index in [9.17, 15) is 4.79 Å². The first-order valence-corrected chi connectivity index (χ1v) is 6.74. The van der Waals surface area contributed by atoms with Crippen LogP contribution in [-0.2, 0) is 11.2 Å². The molecule has 0 bridgehead atoms. The molecular weight excluding hydrogens is 236 g/mol. The van der Waals surface area contributed by atoms with Gasteiger partial charge in [0.15, 0.2) is 5.78 Å². The normalized spacial score (nSPS) is 18.2. The summed E-state index contributed by atoms with van der Waals surface area (Å²) in [5.41, 5.74) is 7.47. The van der Waals surface area contributed by atoms with Crippen LogP contribution in [0, 0.1) is 5.92 Å². The Balaban J connectivity index is 1.91. The van der Waals surface area contributed by atoms with E-state index in [-0.39, 0.29) is 5.78 Å². The topological polar surface area (TPSA) is 56.0 Å². The van der Waals surface area contributed by atoms with Crippen molar-refractivity contribution in [3.05, 3.63) is 42.1 Å². The van der Waals surface area contributed by atoms with E-state index in [1.165, 1.54) is 0 Å². The van der Waals surface area contributed by atoms with Crippen LogP contribution in [0.4, 0.5) is 0 Å². The maximum absolute atomic E-state index is 12.4. The largest absolute Gasteiger partial charge is 0.319 e. The minimum Gasteiger partial charge on any atom is -0.319 e. The van der Waals surface area contributed by atoms with E-state index in [1.54, 1.807) is 6.20 Å². The van der Waals surface area contributed by atoms with E-state index in [0.717, 1.165) is 29.3 Å². The first-order chi connectivity index (χ1) is 9.09. The van der Waals surface area contributed by atoms with Gasteiger partial charge in [-0.05, 0) is 43.4 Å². The lowest BCUT2D eigenvalue weighted by Gasteiger charge is -2.22. The van der Waals surface area contributed by atoms with E-state index in [0.29, 0.717) is 12.3 Å². The number of nitrogens with two attached hydrogens (primary N) is 1. The molecule has 0 aliphatic heterocycles. The number of hydrogen-bond acceptors (Lipinski definition) is 3. The highest BCUT2D eigenvalue weighted by Gasteiger charge is 2.43. The number of pyridine rings is 1. The second kappa shape index (κ2) is 4.42. The van der Waals surface area contributed by atoms with Crippen LogP contribution in [0.3, 0.4) is 0 Å². The zero-order valence-electron chi connectivity index (χ0n) is 11.1. The standard InChI is InChI=1S/C16H18N2O/c1-16(17,12-6-7-12)15(19)10-11-8-9-18-14-5-3-2-4-13(11)14/h2-5,8-9,12H,6-7,10,17H2,1H3. The number of ketones is 1. The molecule has 1 aromatic heterocycles. The van der Waals surface area contributed by atoms with Crippen molar-refractivity contribution in [2.45, 2.75) is 31.7 Å². The number of para-hydroxylation sites is 1. The third-order valence-electron chi connectivity index (χ3n) is 4.12. The number of nitrogens with zero attached hydrogens (tertiary/aromatic N) is 1. The molecule has 1 aliphatic rings. The van der Waals surface area contributed by atoms with Crippen molar-refractivity contribution in [2.75, 3.05) is 0 Å². The van der Waals surface area contributed by atoms with Crippen molar-refractivity contribution in [3.63, 3.8) is 0 Å². The van der Waals surface area contributed by atoms with Crippen LogP contribution in [-0.4, -0.2) is 16.3 Å². The maximum atomic E-state index is 12.4. The summed E-state index contributed by atoms with van der Waals surface area (Å²) < 4.78 is 0. The summed E-state index contributed by atoms with van der Waals surface area (Å²) in [6, 6.07) is 9.82. The van der Waals surface area contributed by atoms with Gasteiger partial charge in [0.05, 0.1) is 11.1 Å². The highest BCUT2D eigenvalue weighted by Crippen LogP contribution is 2.39. The van der Waals surface area contributed by atoms with Crippen LogP contribution < -0.4 is 5.73 Å². The van der Waals surface area contributed by atoms with Crippen molar-refractivity contribution in [2.24, 2.45) is 11.7 Å². The third kappa shape index (κ3) is 2.26. The molecule has 2 aromatic rings. The fourth-order valence-electron chi connectivity index (χ4n) is 2.58. The Labute approximate surface area is 112 Å². The van der Waals surface area contributed by atoms with Gasteiger partial charge in [-0.3, -0.25) is 9.78 Å². The molecule has 0 radical (unpaired) electrons. The lowest BCUT2D eigenvalue weighted by Crippen LogP contribution is -2.47. The SMILES string of the molecule is CC(N)(C(=O)Cc1ccnc2ccccc12)C1CC1. The number of hydrogen-bond donors (Lipinski definition) is 1. The van der Waals surface area contributed by atoms with E-state index >= 15 is 0 Å². The van der Waals surface area contributed by atoms with Gasteiger partial charge in [-0.1, -0.05) is 18.2 Å². The summed E-state index contributed by atoms with van der Waals surface area (Å²) >= 11 is 0. The zero-order chi connectivity index (χ0) is 13.5. The summed E-state index contributed by atoms with van der Waals surface area (Å²) in [5.74, 6) is 0.499. The molecule has 1 unspecified atom stereocenters. The van der Waals surface area contributed by atoms with Crippen LogP contribution >= 0.6 is 0 Å². The predicted molar refractivity (Wildman–Crippen MR) is 75.8 cm³/mol. The Morgan fingerprint density at radius 1 is 1.37 bits per heavy atom. The quantitative estimate of drug-likeness (QED) is 0.912. The van der Waals surface area contributed by atoms with Crippen molar-refractivity contribution in [3.8, 4) is 0 Å². The molecule has 1 heterocycles. The molecule has 1 aromatic carbocycles. The molecule has 19 heavy (non-hydrogen) atoms. The molecule has 1 saturated carbocycles. The summed E-state index contributed by atoms with van der Waals surface area (Å²) in [5, 5.41) is 1.05. The number of rotatable bonds is 4. The monoisotopic (exact) mass is 254 g/mol. The molecule has 0 saturated heterocycles. The van der Waals surface area contributed by atoms with Crippen molar-refractivity contribution >= 4 is 16.7 Å². The van der Waals surface area contributed by atoms with E-state index in [2.05, 4.69) is 4.98 Å². The van der Waals surface area contributed by atoms with Crippen molar-refractivity contribution < 1.29 is 4.79 Å². The molecule has 98 valence electrons. The molecule has 0 amide bonds. The Kier molecular flexibility index (Phi) is 2.86. The highest BCUT2D eigenvalue weighted by atomic mass is 16.1. The Morgan fingerprint density at radius 3 is 2.84 bits per heavy atom. The van der Waals surface area contributed by atoms with E-state index < -0.39 is 5.54 Å². The summed E-state index contributed by atoms with van der Waals surface area (Å²) in [6.07, 6.45) is 4.31. The zero-order valence-corrected chi connectivity index (χ0v) is 11.1. The predicted octanol–water partition coefficient (Wildman–Crippen LogP) is 2.47. The van der Waals surface area contributed by atoms with Gasteiger partial charge in [-0.15, -0.1) is 0 Å². The number of Topliss-reactive ketones (excluding diaryl/α,β-unsaturated/α-hetero) is 1. The molecule has 3 heteroatoms. The Bertz CT molecular complexity index is 624. The first kappa shape index (κ1) is 12.3. The van der Waals surface area contributed by atoms with Crippen LogP contribution in [0.25, 0.3) is 10.9 Å². The number of aromatic nitrogens is 1. The van der Waals surface area contributed by atoms with Gasteiger partial charge in [-0.25, -0.2) is 0 Å². The third-order valence-corrected chi connectivity index (χ3v) is 4.12. The Morgan fingerprint density at radius 2 is 2.11 bits per heavy atom. The lowest BCUT2D eigenvalue weighted by atomic mass is 9.87. The fourth-order valence-corrected chi connectivity index (χ4v) is 2.58. The number of carbonyl (C=O) groups excluding carboxylic acids is 1. The molecule has 1 atom stereocenters. The van der Waals surface area contributed by atoms with Crippen molar-refractivity contribution in [1.29, 1.82) is 0 Å². The molecule has 1 aliphatic carbocycles. The van der Waals surface area contributed by atoms with Gasteiger partial charge in [0.2, 0.25) is 0 Å². The van der Waals surface area contributed by atoms with E-state index in [1.807, 2.05) is 37.3 Å². The molecule has 3 rings (SSSR count). The van der Waals surface area contributed by atoms with Crippen molar-refractivity contribution in [1.82, 2.24) is 4.98 Å². The number of fused-ring (bicyclic) bond motifs is 1. The smallest absolute Gasteiger partial charge is 0.157 e. The van der Waals surface area contributed by atoms with Gasteiger partial charge < -0.3 is 5.73 Å². The van der Waals surface area contributed by atoms with Gasteiger partial charge in [0.1, 0.15) is 0 Å². The van der Waals surface area contributed by atoms with Gasteiger partial charge in [0, 0.05) is 18.0 Å². The maximum Gasteiger partial charge on any atom is 0.157 e. The summed E-state index contributed by atoms with van der Waals surface area (Å²) in [7, 11) is 0. The molecular formula is C16H18N2O. The average Bonchev–Trinajstić information content (AvgIpc) is 3.23. The Hall–Kier alpha value is -1.74. The molecule has 0 spiro atoms. The molecule has 2 N–H and O–H groups in total. The highest BCUT2D eigenvalue weighted by molar-refractivity contribution is 5.94. The van der Waals surface area contributed by atoms with Crippen LogP contribution in [0.5, 0.6) is 0 Å². The van der Waals surface area contributed by atoms with Gasteiger partial charge in [0.25, 0.3) is 0 Å². The molecule has 3 nitrogen and oxygen atoms in total. The fraction of sp³-hybridized carbons (Fsp3) is 0.375. The van der Waals surface area contributed by atoms with Gasteiger partial charge >= 0.3 is 0 Å². The molecule has 1 fully saturated rings. The van der Waals surface area contributed by atoms with Crippen LogP contribution in [0.1, 0.15) is 25.3 Å². The second-order valence-corrected chi connectivity index (χ2v) is 5.64. The first-order valence-electron chi connectivity index (χ1n) is 6.74. The van der Waals surface area contributed by atoms with Crippen LogP contribution in [0.2, 0.25) is 0 Å². The summed E-state index contributed by atoms with van der Waals surface area (Å²) in [6.45, 7) is 1.87. The van der Waals surface area contributed by atoms with Crippen LogP contribution in [0.15, 0.2) is 36.5 Å². The lowest BCUT2D eigenvalue weighted by molar-refractivity contribution is -0.123. The second-order valence-electron chi connectivity index (χ2n) is 5.64. The number of benzene rings is 1. The number of carbonyl (C=O) groups is 1.